The van der Waals surface area contributed by atoms with E-state index in [0.717, 1.165) is 28.0 Å². The first-order valence-corrected chi connectivity index (χ1v) is 14.2. The van der Waals surface area contributed by atoms with Crippen LogP contribution in [-0.4, -0.2) is 41.2 Å². The van der Waals surface area contributed by atoms with Crippen molar-refractivity contribution in [2.45, 2.75) is 36.1 Å². The minimum absolute atomic E-state index is 0.147. The van der Waals surface area contributed by atoms with Crippen molar-refractivity contribution in [3.8, 4) is 0 Å². The van der Waals surface area contributed by atoms with Crippen molar-refractivity contribution in [1.29, 1.82) is 0 Å². The Morgan fingerprint density at radius 1 is 1.09 bits per heavy atom. The van der Waals surface area contributed by atoms with Gasteiger partial charge in [0.25, 0.3) is 10.0 Å². The molecule has 11 heteroatoms. The molecular formula is C23H21ClN4O3S3. The Labute approximate surface area is 210 Å². The zero-order valence-corrected chi connectivity index (χ0v) is 21.2. The third-order valence-electron chi connectivity index (χ3n) is 5.68. The van der Waals surface area contributed by atoms with Gasteiger partial charge in [0, 0.05) is 12.7 Å². The van der Waals surface area contributed by atoms with E-state index in [4.69, 9.17) is 11.6 Å². The van der Waals surface area contributed by atoms with E-state index in [1.165, 1.54) is 21.7 Å². The average molecular weight is 533 g/mol. The quantitative estimate of drug-likeness (QED) is 0.341. The van der Waals surface area contributed by atoms with Crippen molar-refractivity contribution in [1.82, 2.24) is 14.3 Å². The maximum absolute atomic E-state index is 14.0. The predicted molar refractivity (Wildman–Crippen MR) is 136 cm³/mol. The number of carbonyl (C=O) groups is 1. The number of aromatic nitrogens is 2. The van der Waals surface area contributed by atoms with Crippen molar-refractivity contribution >= 4 is 65.6 Å². The highest BCUT2D eigenvalue weighted by atomic mass is 35.5. The van der Waals surface area contributed by atoms with E-state index in [9.17, 15) is 13.2 Å². The number of thiazole rings is 1. The molecule has 1 aliphatic rings. The standard InChI is InChI=1S/C23H21ClN4O3S3/c24-20-11-12-21(33-20)34(30,31)28-14-6-4-9-18(28)22(29)27(15-16-7-3-5-13-25-16)23-26-17-8-1-2-10-19(17)32-23/h1-3,5,7-8,10-13,18H,4,6,9,14-15H2. The van der Waals surface area contributed by atoms with Crippen molar-refractivity contribution in [2.24, 2.45) is 0 Å². The highest BCUT2D eigenvalue weighted by Gasteiger charge is 2.41. The second-order valence-electron chi connectivity index (χ2n) is 7.90. The summed E-state index contributed by atoms with van der Waals surface area (Å²) in [6.07, 6.45) is 3.59. The summed E-state index contributed by atoms with van der Waals surface area (Å²) in [5, 5.41) is 0.527. The van der Waals surface area contributed by atoms with Gasteiger partial charge in [-0.15, -0.1) is 11.3 Å². The number of pyridine rings is 1. The molecule has 1 saturated heterocycles. The molecule has 1 atom stereocenters. The fourth-order valence-electron chi connectivity index (χ4n) is 4.04. The number of amides is 1. The van der Waals surface area contributed by atoms with Gasteiger partial charge in [-0.2, -0.15) is 4.31 Å². The van der Waals surface area contributed by atoms with Gasteiger partial charge in [0.2, 0.25) is 5.91 Å². The molecule has 1 unspecified atom stereocenters. The van der Waals surface area contributed by atoms with E-state index in [0.29, 0.717) is 28.0 Å². The number of thiophene rings is 1. The third kappa shape index (κ3) is 4.60. The van der Waals surface area contributed by atoms with Crippen LogP contribution in [0.2, 0.25) is 4.34 Å². The Morgan fingerprint density at radius 3 is 2.65 bits per heavy atom. The van der Waals surface area contributed by atoms with Crippen molar-refractivity contribution in [2.75, 3.05) is 11.4 Å². The number of fused-ring (bicyclic) bond motifs is 1. The van der Waals surface area contributed by atoms with Crippen LogP contribution < -0.4 is 4.90 Å². The van der Waals surface area contributed by atoms with E-state index in [1.807, 2.05) is 42.5 Å². The van der Waals surface area contributed by atoms with E-state index >= 15 is 0 Å². The highest BCUT2D eigenvalue weighted by molar-refractivity contribution is 7.91. The highest BCUT2D eigenvalue weighted by Crippen LogP contribution is 2.35. The fraction of sp³-hybridized carbons (Fsp3) is 0.261. The number of carbonyl (C=O) groups excluding carboxylic acids is 1. The lowest BCUT2D eigenvalue weighted by atomic mass is 10.0. The van der Waals surface area contributed by atoms with E-state index < -0.39 is 16.1 Å². The summed E-state index contributed by atoms with van der Waals surface area (Å²) < 4.78 is 29.7. The summed E-state index contributed by atoms with van der Waals surface area (Å²) in [5.74, 6) is -0.296. The molecule has 0 N–H and O–H groups in total. The number of nitrogens with zero attached hydrogens (tertiary/aromatic N) is 4. The number of hydrogen-bond donors (Lipinski definition) is 0. The molecule has 4 heterocycles. The fourth-order valence-corrected chi connectivity index (χ4v) is 8.27. The molecule has 5 rings (SSSR count). The second-order valence-corrected chi connectivity index (χ2v) is 12.7. The first kappa shape index (κ1) is 23.4. The maximum atomic E-state index is 14.0. The third-order valence-corrected chi connectivity index (χ3v) is 10.3. The Morgan fingerprint density at radius 2 is 1.91 bits per heavy atom. The maximum Gasteiger partial charge on any atom is 0.253 e. The van der Waals surface area contributed by atoms with Gasteiger partial charge in [-0.1, -0.05) is 47.6 Å². The first-order chi connectivity index (χ1) is 16.4. The van der Waals surface area contributed by atoms with Crippen LogP contribution in [0.1, 0.15) is 25.0 Å². The van der Waals surface area contributed by atoms with Crippen LogP contribution >= 0.6 is 34.3 Å². The van der Waals surface area contributed by atoms with Crippen molar-refractivity contribution < 1.29 is 13.2 Å². The van der Waals surface area contributed by atoms with Gasteiger partial charge in [0.05, 0.1) is 26.8 Å². The summed E-state index contributed by atoms with van der Waals surface area (Å²) in [7, 11) is -3.86. The van der Waals surface area contributed by atoms with Gasteiger partial charge < -0.3 is 0 Å². The first-order valence-electron chi connectivity index (χ1n) is 10.8. The Kier molecular flexibility index (Phi) is 6.67. The normalized spacial score (nSPS) is 17.1. The molecule has 0 spiro atoms. The monoisotopic (exact) mass is 532 g/mol. The molecular weight excluding hydrogens is 512 g/mol. The van der Waals surface area contributed by atoms with Crippen molar-refractivity contribution in [3.05, 3.63) is 70.8 Å². The number of halogens is 1. The van der Waals surface area contributed by atoms with Gasteiger partial charge in [-0.3, -0.25) is 14.7 Å². The van der Waals surface area contributed by atoms with Gasteiger partial charge in [-0.25, -0.2) is 13.4 Å². The van der Waals surface area contributed by atoms with Crippen LogP contribution in [0, 0.1) is 0 Å². The van der Waals surface area contributed by atoms with Crippen LogP contribution in [0.15, 0.2) is 65.0 Å². The molecule has 0 aliphatic carbocycles. The number of anilines is 1. The number of para-hydroxylation sites is 1. The summed E-state index contributed by atoms with van der Waals surface area (Å²) >= 11 is 8.42. The van der Waals surface area contributed by atoms with E-state index in [2.05, 4.69) is 9.97 Å². The van der Waals surface area contributed by atoms with Crippen molar-refractivity contribution in [3.63, 3.8) is 0 Å². The smallest absolute Gasteiger partial charge is 0.253 e. The van der Waals surface area contributed by atoms with Gasteiger partial charge >= 0.3 is 0 Å². The van der Waals surface area contributed by atoms with E-state index in [1.54, 1.807) is 17.2 Å². The second kappa shape index (κ2) is 9.71. The molecule has 1 amide bonds. The Bertz CT molecular complexity index is 1390. The van der Waals surface area contributed by atoms with Gasteiger partial charge in [-0.05, 0) is 49.2 Å². The lowest BCUT2D eigenvalue weighted by molar-refractivity contribution is -0.123. The number of rotatable bonds is 6. The van der Waals surface area contributed by atoms with Crippen LogP contribution in [0.4, 0.5) is 5.13 Å². The number of benzene rings is 1. The summed E-state index contributed by atoms with van der Waals surface area (Å²) in [5.41, 5.74) is 1.49. The average Bonchev–Trinajstić information content (AvgIpc) is 3.49. The van der Waals surface area contributed by atoms with E-state index in [-0.39, 0.29) is 23.2 Å². The molecule has 7 nitrogen and oxygen atoms in total. The largest absolute Gasteiger partial charge is 0.281 e. The molecule has 1 fully saturated rings. The molecule has 0 bridgehead atoms. The molecule has 4 aromatic rings. The van der Waals surface area contributed by atoms with Crippen LogP contribution in [0.5, 0.6) is 0 Å². The summed E-state index contributed by atoms with van der Waals surface area (Å²) in [6, 6.07) is 15.4. The minimum atomic E-state index is -3.86. The van der Waals surface area contributed by atoms with Gasteiger partial charge in [0.15, 0.2) is 5.13 Å². The number of piperidine rings is 1. The summed E-state index contributed by atoms with van der Waals surface area (Å²) in [6.45, 7) is 0.486. The lowest BCUT2D eigenvalue weighted by Crippen LogP contribution is -2.52. The Hall–Kier alpha value is -2.37. The molecule has 3 aromatic heterocycles. The summed E-state index contributed by atoms with van der Waals surface area (Å²) in [4.78, 5) is 24.7. The number of sulfonamides is 1. The van der Waals surface area contributed by atoms with Crippen LogP contribution in [0.3, 0.4) is 0 Å². The zero-order valence-electron chi connectivity index (χ0n) is 18.0. The zero-order chi connectivity index (χ0) is 23.7. The SMILES string of the molecule is O=C(C1CCCCN1S(=O)(=O)c1ccc(Cl)s1)N(Cc1ccccn1)c1nc2ccccc2s1. The van der Waals surface area contributed by atoms with Crippen LogP contribution in [-0.2, 0) is 21.4 Å². The Balaban J connectivity index is 1.53. The molecule has 34 heavy (non-hydrogen) atoms. The molecule has 1 aromatic carbocycles. The predicted octanol–water partition coefficient (Wildman–Crippen LogP) is 5.18. The molecule has 0 saturated carbocycles. The molecule has 1 aliphatic heterocycles. The molecule has 176 valence electrons. The molecule has 0 radical (unpaired) electrons. The lowest BCUT2D eigenvalue weighted by Gasteiger charge is -2.35. The topological polar surface area (TPSA) is 83.5 Å². The minimum Gasteiger partial charge on any atom is -0.281 e. The van der Waals surface area contributed by atoms with Crippen LogP contribution in [0.25, 0.3) is 10.2 Å². The number of hydrogen-bond acceptors (Lipinski definition) is 7. The van der Waals surface area contributed by atoms with Gasteiger partial charge in [0.1, 0.15) is 10.3 Å².